The molecule has 0 radical (unpaired) electrons. The molecule has 152 valence electrons. The molecule has 1 aliphatic carbocycles. The molecule has 2 fully saturated rings. The van der Waals surface area contributed by atoms with Crippen molar-refractivity contribution in [1.29, 1.82) is 0 Å². The molecule has 0 bridgehead atoms. The van der Waals surface area contributed by atoms with E-state index in [9.17, 15) is 9.59 Å². The summed E-state index contributed by atoms with van der Waals surface area (Å²) in [5.41, 5.74) is 3.37. The number of aromatic nitrogens is 1. The number of hydrogen-bond donors (Lipinski definition) is 0. The number of carbonyl (C=O) groups is 2. The van der Waals surface area contributed by atoms with Crippen molar-refractivity contribution in [3.8, 4) is 11.1 Å². The van der Waals surface area contributed by atoms with E-state index in [0.717, 1.165) is 36.0 Å². The van der Waals surface area contributed by atoms with Crippen molar-refractivity contribution in [2.45, 2.75) is 32.6 Å². The van der Waals surface area contributed by atoms with Gasteiger partial charge in [-0.25, -0.2) is 0 Å². The van der Waals surface area contributed by atoms with Crippen molar-refractivity contribution in [1.82, 2.24) is 14.8 Å². The number of nitrogens with zero attached hydrogens (tertiary/aromatic N) is 3. The maximum atomic E-state index is 13.1. The molecule has 5 heteroatoms. The lowest BCUT2D eigenvalue weighted by Gasteiger charge is -2.31. The minimum Gasteiger partial charge on any atom is -0.341 e. The average Bonchev–Trinajstić information content (AvgIpc) is 2.86. The molecule has 1 saturated carbocycles. The molecule has 1 aromatic heterocycles. The molecule has 2 aromatic rings. The van der Waals surface area contributed by atoms with Gasteiger partial charge in [0.25, 0.3) is 0 Å². The second-order valence-electron chi connectivity index (χ2n) is 8.17. The first kappa shape index (κ1) is 19.6. The Hall–Kier alpha value is -2.69. The standard InChI is InChI=1S/C24H29N3O2/c1-2-26-13-14-27(23(28)20-6-4-7-20)17-22(24(26)29)16-18-5-3-8-21(15-18)19-9-11-25-12-10-19/h3,5,8-12,15,20,22H,2,4,6-7,13-14,16-17H2,1H3. The Labute approximate surface area is 172 Å². The highest BCUT2D eigenvalue weighted by Gasteiger charge is 2.35. The van der Waals surface area contributed by atoms with Gasteiger partial charge in [-0.15, -0.1) is 0 Å². The molecule has 1 atom stereocenters. The number of amides is 2. The van der Waals surface area contributed by atoms with E-state index in [2.05, 4.69) is 23.2 Å². The topological polar surface area (TPSA) is 53.5 Å². The average molecular weight is 392 g/mol. The zero-order chi connectivity index (χ0) is 20.2. The van der Waals surface area contributed by atoms with Crippen LogP contribution in [0.15, 0.2) is 48.8 Å². The van der Waals surface area contributed by atoms with E-state index < -0.39 is 0 Å². The van der Waals surface area contributed by atoms with Gasteiger partial charge in [-0.2, -0.15) is 0 Å². The van der Waals surface area contributed by atoms with Crippen molar-refractivity contribution < 1.29 is 9.59 Å². The monoisotopic (exact) mass is 391 g/mol. The van der Waals surface area contributed by atoms with Crippen LogP contribution in [0.4, 0.5) is 0 Å². The van der Waals surface area contributed by atoms with Gasteiger partial charge in [0.15, 0.2) is 0 Å². The Bertz CT molecular complexity index is 863. The van der Waals surface area contributed by atoms with Gasteiger partial charge in [0.05, 0.1) is 5.92 Å². The first-order valence-electron chi connectivity index (χ1n) is 10.7. The second-order valence-corrected chi connectivity index (χ2v) is 8.17. The Morgan fingerprint density at radius 1 is 1.10 bits per heavy atom. The maximum absolute atomic E-state index is 13.1. The third-order valence-electron chi connectivity index (χ3n) is 6.31. The van der Waals surface area contributed by atoms with Gasteiger partial charge in [0.2, 0.25) is 11.8 Å². The first-order chi connectivity index (χ1) is 14.2. The van der Waals surface area contributed by atoms with Gasteiger partial charge in [-0.05, 0) is 55.0 Å². The smallest absolute Gasteiger partial charge is 0.227 e. The zero-order valence-electron chi connectivity index (χ0n) is 17.1. The van der Waals surface area contributed by atoms with E-state index in [0.29, 0.717) is 32.6 Å². The van der Waals surface area contributed by atoms with Crippen LogP contribution in [-0.2, 0) is 16.0 Å². The summed E-state index contributed by atoms with van der Waals surface area (Å²) in [5.74, 6) is 0.409. The van der Waals surface area contributed by atoms with E-state index in [1.54, 1.807) is 12.4 Å². The summed E-state index contributed by atoms with van der Waals surface area (Å²) in [7, 11) is 0. The van der Waals surface area contributed by atoms with Crippen LogP contribution in [0.2, 0.25) is 0 Å². The van der Waals surface area contributed by atoms with Gasteiger partial charge < -0.3 is 9.80 Å². The summed E-state index contributed by atoms with van der Waals surface area (Å²) >= 11 is 0. The Morgan fingerprint density at radius 2 is 1.90 bits per heavy atom. The molecular formula is C24H29N3O2. The van der Waals surface area contributed by atoms with Crippen molar-refractivity contribution in [3.63, 3.8) is 0 Å². The lowest BCUT2D eigenvalue weighted by atomic mass is 9.84. The molecule has 5 nitrogen and oxygen atoms in total. The van der Waals surface area contributed by atoms with Crippen LogP contribution in [0.3, 0.4) is 0 Å². The van der Waals surface area contributed by atoms with Gasteiger partial charge in [-0.3, -0.25) is 14.6 Å². The third kappa shape index (κ3) is 4.34. The number of pyridine rings is 1. The maximum Gasteiger partial charge on any atom is 0.227 e. The SMILES string of the molecule is CCN1CCN(C(=O)C2CCC2)CC(Cc2cccc(-c3ccncc3)c2)C1=O. The predicted octanol–water partition coefficient (Wildman–Crippen LogP) is 3.40. The Balaban J connectivity index is 1.54. The molecule has 0 spiro atoms. The second kappa shape index (κ2) is 8.76. The quantitative estimate of drug-likeness (QED) is 0.785. The normalized spacial score (nSPS) is 20.3. The van der Waals surface area contributed by atoms with Crippen LogP contribution in [0, 0.1) is 11.8 Å². The molecule has 2 amide bonds. The molecule has 29 heavy (non-hydrogen) atoms. The molecule has 1 saturated heterocycles. The number of carbonyl (C=O) groups excluding carboxylic acids is 2. The number of likely N-dealkylation sites (N-methyl/N-ethyl adjacent to an activating group) is 1. The van der Waals surface area contributed by atoms with Gasteiger partial charge in [0, 0.05) is 44.5 Å². The summed E-state index contributed by atoms with van der Waals surface area (Å²) < 4.78 is 0. The number of hydrogen-bond acceptors (Lipinski definition) is 3. The number of rotatable bonds is 5. The molecule has 1 aliphatic heterocycles. The highest BCUT2D eigenvalue weighted by Crippen LogP contribution is 2.30. The van der Waals surface area contributed by atoms with E-state index in [-0.39, 0.29) is 23.7 Å². The minimum absolute atomic E-state index is 0.172. The summed E-state index contributed by atoms with van der Waals surface area (Å²) in [6.07, 6.45) is 7.39. The first-order valence-corrected chi connectivity index (χ1v) is 10.7. The highest BCUT2D eigenvalue weighted by molar-refractivity contribution is 5.83. The highest BCUT2D eigenvalue weighted by atomic mass is 16.2. The molecule has 1 unspecified atom stereocenters. The third-order valence-corrected chi connectivity index (χ3v) is 6.31. The molecule has 2 aliphatic rings. The summed E-state index contributed by atoms with van der Waals surface area (Å²) in [4.78, 5) is 33.9. The van der Waals surface area contributed by atoms with Gasteiger partial charge in [-0.1, -0.05) is 30.7 Å². The predicted molar refractivity (Wildman–Crippen MR) is 113 cm³/mol. The van der Waals surface area contributed by atoms with Crippen LogP contribution in [0.1, 0.15) is 31.7 Å². The lowest BCUT2D eigenvalue weighted by Crippen LogP contribution is -2.42. The fourth-order valence-corrected chi connectivity index (χ4v) is 4.33. The summed E-state index contributed by atoms with van der Waals surface area (Å²) in [5, 5.41) is 0. The van der Waals surface area contributed by atoms with Crippen LogP contribution in [0.25, 0.3) is 11.1 Å². The molecule has 1 aromatic carbocycles. The van der Waals surface area contributed by atoms with E-state index in [4.69, 9.17) is 0 Å². The van der Waals surface area contributed by atoms with Gasteiger partial charge in [0.1, 0.15) is 0 Å². The van der Waals surface area contributed by atoms with E-state index in [1.807, 2.05) is 34.9 Å². The van der Waals surface area contributed by atoms with Gasteiger partial charge >= 0.3 is 0 Å². The summed E-state index contributed by atoms with van der Waals surface area (Å²) in [6.45, 7) is 4.54. The zero-order valence-corrected chi connectivity index (χ0v) is 17.1. The van der Waals surface area contributed by atoms with Crippen molar-refractivity contribution in [2.75, 3.05) is 26.2 Å². The van der Waals surface area contributed by atoms with Crippen LogP contribution < -0.4 is 0 Å². The van der Waals surface area contributed by atoms with Crippen LogP contribution in [0.5, 0.6) is 0 Å². The van der Waals surface area contributed by atoms with Crippen molar-refractivity contribution in [3.05, 3.63) is 54.4 Å². The molecular weight excluding hydrogens is 362 g/mol. The van der Waals surface area contributed by atoms with E-state index in [1.165, 1.54) is 0 Å². The Morgan fingerprint density at radius 3 is 2.59 bits per heavy atom. The largest absolute Gasteiger partial charge is 0.341 e. The van der Waals surface area contributed by atoms with Crippen LogP contribution >= 0.6 is 0 Å². The fourth-order valence-electron chi connectivity index (χ4n) is 4.33. The minimum atomic E-state index is -0.186. The number of benzene rings is 1. The molecule has 2 heterocycles. The Kier molecular flexibility index (Phi) is 5.93. The van der Waals surface area contributed by atoms with E-state index >= 15 is 0 Å². The molecule has 4 rings (SSSR count). The van der Waals surface area contributed by atoms with Crippen molar-refractivity contribution >= 4 is 11.8 Å². The molecule has 0 N–H and O–H groups in total. The van der Waals surface area contributed by atoms with Crippen LogP contribution in [-0.4, -0.2) is 52.8 Å². The lowest BCUT2D eigenvalue weighted by molar-refractivity contribution is -0.138. The fraction of sp³-hybridized carbons (Fsp3) is 0.458. The summed E-state index contributed by atoms with van der Waals surface area (Å²) in [6, 6.07) is 12.3. The van der Waals surface area contributed by atoms with Crippen molar-refractivity contribution in [2.24, 2.45) is 11.8 Å².